The Kier molecular flexibility index (Phi) is 4.38. The zero-order valence-corrected chi connectivity index (χ0v) is 12.7. The van der Waals surface area contributed by atoms with Crippen LogP contribution in [0.5, 0.6) is 0 Å². The van der Waals surface area contributed by atoms with Crippen molar-refractivity contribution in [3.63, 3.8) is 0 Å². The van der Waals surface area contributed by atoms with Gasteiger partial charge >= 0.3 is 6.18 Å². The lowest BCUT2D eigenvalue weighted by molar-refractivity contribution is -0.184. The summed E-state index contributed by atoms with van der Waals surface area (Å²) in [4.78, 5) is 0. The van der Waals surface area contributed by atoms with Gasteiger partial charge in [-0.1, -0.05) is 17.7 Å². The molecule has 2 rings (SSSR count). The van der Waals surface area contributed by atoms with Crippen LogP contribution < -0.4 is 5.73 Å². The second-order valence-electron chi connectivity index (χ2n) is 5.19. The molecule has 1 aromatic rings. The van der Waals surface area contributed by atoms with E-state index in [1.54, 1.807) is 6.07 Å². The fraction of sp³-hybridized carbons (Fsp3) is 0.538. The van der Waals surface area contributed by atoms with Crippen molar-refractivity contribution in [3.8, 4) is 0 Å². The first-order valence-electron chi connectivity index (χ1n) is 6.15. The van der Waals surface area contributed by atoms with Crippen LogP contribution in [-0.4, -0.2) is 6.18 Å². The molecule has 1 aliphatic carbocycles. The molecule has 0 bridgehead atoms. The largest absolute Gasteiger partial charge is 0.391 e. The van der Waals surface area contributed by atoms with Crippen LogP contribution in [0.2, 0.25) is 5.02 Å². The predicted octanol–water partition coefficient (Wildman–Crippen LogP) is 5.15. The number of hydrogen-bond donors (Lipinski definition) is 1. The normalized spacial score (nSPS) is 27.6. The van der Waals surface area contributed by atoms with E-state index in [1.807, 2.05) is 0 Å². The zero-order valence-electron chi connectivity index (χ0n) is 10.4. The summed E-state index contributed by atoms with van der Waals surface area (Å²) in [6.07, 6.45) is -4.21. The van der Waals surface area contributed by atoms with Crippen LogP contribution in [0, 0.1) is 11.7 Å². The fourth-order valence-electron chi connectivity index (χ4n) is 2.64. The average Bonchev–Trinajstić information content (AvgIpc) is 2.35. The summed E-state index contributed by atoms with van der Waals surface area (Å²) >= 11 is 8.90. The van der Waals surface area contributed by atoms with Gasteiger partial charge in [0, 0.05) is 15.6 Å². The van der Waals surface area contributed by atoms with Crippen molar-refractivity contribution < 1.29 is 17.6 Å². The van der Waals surface area contributed by atoms with Crippen LogP contribution in [0.1, 0.15) is 31.2 Å². The van der Waals surface area contributed by atoms with E-state index in [-0.39, 0.29) is 36.3 Å². The first-order chi connectivity index (χ1) is 9.15. The molecule has 0 radical (unpaired) electrons. The molecular formula is C13H13BrClF4N. The van der Waals surface area contributed by atoms with Gasteiger partial charge in [0.25, 0.3) is 0 Å². The van der Waals surface area contributed by atoms with Crippen LogP contribution in [0.4, 0.5) is 17.6 Å². The molecule has 1 nitrogen and oxygen atoms in total. The third kappa shape index (κ3) is 2.97. The lowest BCUT2D eigenvalue weighted by Crippen LogP contribution is -2.43. The van der Waals surface area contributed by atoms with E-state index < -0.39 is 23.5 Å². The van der Waals surface area contributed by atoms with E-state index in [1.165, 1.54) is 6.07 Å². The maximum Gasteiger partial charge on any atom is 0.391 e. The van der Waals surface area contributed by atoms with Crippen molar-refractivity contribution in [1.82, 2.24) is 0 Å². The van der Waals surface area contributed by atoms with Crippen molar-refractivity contribution in [2.24, 2.45) is 11.7 Å². The highest BCUT2D eigenvalue weighted by atomic mass is 79.9. The molecule has 0 saturated heterocycles. The molecule has 1 fully saturated rings. The van der Waals surface area contributed by atoms with Crippen LogP contribution >= 0.6 is 27.5 Å². The Bertz CT molecular complexity index is 510. The summed E-state index contributed by atoms with van der Waals surface area (Å²) in [5, 5.41) is -0.0923. The van der Waals surface area contributed by atoms with Crippen LogP contribution in [0.25, 0.3) is 0 Å². The topological polar surface area (TPSA) is 26.0 Å². The highest BCUT2D eigenvalue weighted by molar-refractivity contribution is 9.10. The molecule has 0 atom stereocenters. The summed E-state index contributed by atoms with van der Waals surface area (Å²) < 4.78 is 52.5. The second kappa shape index (κ2) is 5.46. The number of halogens is 6. The first-order valence-corrected chi connectivity index (χ1v) is 7.32. The van der Waals surface area contributed by atoms with E-state index >= 15 is 0 Å². The lowest BCUT2D eigenvalue weighted by atomic mass is 9.73. The highest BCUT2D eigenvalue weighted by Gasteiger charge is 2.45. The van der Waals surface area contributed by atoms with Crippen LogP contribution in [0.3, 0.4) is 0 Å². The summed E-state index contributed by atoms with van der Waals surface area (Å²) in [5.41, 5.74) is 5.22. The molecule has 0 aromatic heterocycles. The summed E-state index contributed by atoms with van der Waals surface area (Å²) in [5.74, 6) is -2.01. The van der Waals surface area contributed by atoms with E-state index in [9.17, 15) is 17.6 Å². The molecule has 0 spiro atoms. The Labute approximate surface area is 127 Å². The van der Waals surface area contributed by atoms with Crippen molar-refractivity contribution in [2.45, 2.75) is 37.4 Å². The minimum Gasteiger partial charge on any atom is -0.321 e. The van der Waals surface area contributed by atoms with Gasteiger partial charge in [-0.15, -0.1) is 0 Å². The Balaban J connectivity index is 2.25. The Morgan fingerprint density at radius 1 is 1.25 bits per heavy atom. The van der Waals surface area contributed by atoms with Gasteiger partial charge in [-0.05, 0) is 47.7 Å². The molecule has 0 amide bonds. The van der Waals surface area contributed by atoms with Crippen molar-refractivity contribution in [1.29, 1.82) is 0 Å². The number of benzene rings is 1. The molecule has 20 heavy (non-hydrogen) atoms. The predicted molar refractivity (Wildman–Crippen MR) is 73.0 cm³/mol. The van der Waals surface area contributed by atoms with Gasteiger partial charge in [-0.2, -0.15) is 13.2 Å². The molecule has 1 aromatic carbocycles. The number of rotatable bonds is 1. The molecule has 1 aliphatic rings. The van der Waals surface area contributed by atoms with E-state index in [0.29, 0.717) is 4.47 Å². The fourth-order valence-corrected chi connectivity index (χ4v) is 3.11. The molecule has 112 valence electrons. The number of alkyl halides is 3. The molecule has 0 unspecified atom stereocenters. The van der Waals surface area contributed by atoms with Crippen LogP contribution in [-0.2, 0) is 5.54 Å². The summed E-state index contributed by atoms with van der Waals surface area (Å²) in [6.45, 7) is 0. The van der Waals surface area contributed by atoms with E-state index in [2.05, 4.69) is 15.9 Å². The van der Waals surface area contributed by atoms with Gasteiger partial charge < -0.3 is 5.73 Å². The smallest absolute Gasteiger partial charge is 0.321 e. The van der Waals surface area contributed by atoms with Gasteiger partial charge in [0.15, 0.2) is 0 Å². The highest BCUT2D eigenvalue weighted by Crippen LogP contribution is 2.45. The third-order valence-electron chi connectivity index (χ3n) is 3.91. The van der Waals surface area contributed by atoms with Crippen molar-refractivity contribution in [3.05, 3.63) is 33.0 Å². The lowest BCUT2D eigenvalue weighted by Gasteiger charge is -2.38. The maximum atomic E-state index is 14.2. The van der Waals surface area contributed by atoms with Gasteiger partial charge in [0.05, 0.1) is 10.9 Å². The molecule has 7 heteroatoms. The Morgan fingerprint density at radius 2 is 1.80 bits per heavy atom. The first kappa shape index (κ1) is 16.0. The minimum atomic E-state index is -4.21. The number of nitrogens with two attached hydrogens (primary N) is 1. The summed E-state index contributed by atoms with van der Waals surface area (Å²) in [7, 11) is 0. The van der Waals surface area contributed by atoms with E-state index in [4.69, 9.17) is 17.3 Å². The van der Waals surface area contributed by atoms with Gasteiger partial charge in [0.2, 0.25) is 0 Å². The SMILES string of the molecule is NC1(c2ccc(Br)c(Cl)c2F)CCC(C(F)(F)F)CC1. The van der Waals surface area contributed by atoms with Crippen LogP contribution in [0.15, 0.2) is 16.6 Å². The molecule has 2 N–H and O–H groups in total. The minimum absolute atomic E-state index is 0.0893. The maximum absolute atomic E-state index is 14.2. The van der Waals surface area contributed by atoms with E-state index in [0.717, 1.165) is 0 Å². The molecule has 0 heterocycles. The van der Waals surface area contributed by atoms with Crippen molar-refractivity contribution >= 4 is 27.5 Å². The van der Waals surface area contributed by atoms with Gasteiger partial charge in [-0.3, -0.25) is 0 Å². The Morgan fingerprint density at radius 3 is 2.30 bits per heavy atom. The molecule has 0 aliphatic heterocycles. The van der Waals surface area contributed by atoms with Crippen molar-refractivity contribution in [2.75, 3.05) is 0 Å². The van der Waals surface area contributed by atoms with Gasteiger partial charge in [-0.25, -0.2) is 4.39 Å². The average molecular weight is 375 g/mol. The number of hydrogen-bond acceptors (Lipinski definition) is 1. The quantitative estimate of drug-likeness (QED) is 0.534. The second-order valence-corrected chi connectivity index (χ2v) is 6.43. The Hall–Kier alpha value is -0.330. The zero-order chi connectivity index (χ0) is 15.1. The summed E-state index contributed by atoms with van der Waals surface area (Å²) in [6, 6.07) is 3.05. The molecule has 1 saturated carbocycles. The standard InChI is InChI=1S/C13H13BrClF4N/c14-9-2-1-8(11(16)10(9)15)12(20)5-3-7(4-6-12)13(17,18)19/h1-2,7H,3-6,20H2. The third-order valence-corrected chi connectivity index (χ3v) is 5.17. The monoisotopic (exact) mass is 373 g/mol. The molecular weight excluding hydrogens is 361 g/mol. The van der Waals surface area contributed by atoms with Gasteiger partial charge in [0.1, 0.15) is 5.82 Å².